The number of nitrogens with zero attached hydrogens (tertiary/aromatic N) is 1. The quantitative estimate of drug-likeness (QED) is 0.720. The Kier molecular flexibility index (Phi) is 5.55. The fraction of sp³-hybridized carbons (Fsp3) is 0.769. The van der Waals surface area contributed by atoms with Gasteiger partial charge < -0.3 is 5.32 Å². The SMILES string of the molecule is C=C[C@@](C)(CC)C(=O)NCCN1CCS(=O)(=O)CC1. The zero-order chi connectivity index (χ0) is 14.5. The molecule has 0 spiro atoms. The summed E-state index contributed by atoms with van der Waals surface area (Å²) >= 11 is 0. The Morgan fingerprint density at radius 1 is 1.42 bits per heavy atom. The third kappa shape index (κ3) is 4.62. The molecule has 1 fully saturated rings. The van der Waals surface area contributed by atoms with E-state index in [0.717, 1.165) is 0 Å². The van der Waals surface area contributed by atoms with Gasteiger partial charge in [0, 0.05) is 26.2 Å². The Balaban J connectivity index is 2.32. The first-order chi connectivity index (χ1) is 8.83. The summed E-state index contributed by atoms with van der Waals surface area (Å²) in [5.41, 5.74) is -0.523. The first-order valence-corrected chi connectivity index (χ1v) is 8.50. The molecule has 0 aliphatic carbocycles. The molecular weight excluding hydrogens is 264 g/mol. The molecule has 0 aromatic heterocycles. The van der Waals surface area contributed by atoms with E-state index in [1.807, 2.05) is 13.8 Å². The highest BCUT2D eigenvalue weighted by Crippen LogP contribution is 2.21. The fourth-order valence-electron chi connectivity index (χ4n) is 1.90. The molecule has 1 atom stereocenters. The summed E-state index contributed by atoms with van der Waals surface area (Å²) in [5.74, 6) is 0.426. The van der Waals surface area contributed by atoms with Crippen molar-refractivity contribution < 1.29 is 13.2 Å². The molecule has 0 aromatic carbocycles. The van der Waals surface area contributed by atoms with E-state index in [2.05, 4.69) is 16.8 Å². The minimum absolute atomic E-state index is 0.0189. The number of nitrogens with one attached hydrogen (secondary N) is 1. The van der Waals surface area contributed by atoms with Gasteiger partial charge in [-0.15, -0.1) is 6.58 Å². The van der Waals surface area contributed by atoms with Gasteiger partial charge in [0.2, 0.25) is 5.91 Å². The van der Waals surface area contributed by atoms with Gasteiger partial charge in [-0.1, -0.05) is 13.0 Å². The first kappa shape index (κ1) is 16.2. The maximum absolute atomic E-state index is 12.0. The average Bonchev–Trinajstić information content (AvgIpc) is 2.39. The summed E-state index contributed by atoms with van der Waals surface area (Å²) in [5, 5.41) is 2.89. The summed E-state index contributed by atoms with van der Waals surface area (Å²) < 4.78 is 22.6. The highest BCUT2D eigenvalue weighted by Gasteiger charge is 2.27. The van der Waals surface area contributed by atoms with Gasteiger partial charge in [0.15, 0.2) is 9.84 Å². The molecule has 0 radical (unpaired) electrons. The zero-order valence-corrected chi connectivity index (χ0v) is 12.6. The Bertz CT molecular complexity index is 419. The first-order valence-electron chi connectivity index (χ1n) is 6.67. The van der Waals surface area contributed by atoms with Crippen molar-refractivity contribution in [2.24, 2.45) is 5.41 Å². The number of carbonyl (C=O) groups excluding carboxylic acids is 1. The monoisotopic (exact) mass is 288 g/mol. The summed E-state index contributed by atoms with van der Waals surface area (Å²) in [6, 6.07) is 0. The van der Waals surface area contributed by atoms with Crippen LogP contribution in [0.2, 0.25) is 0 Å². The second-order valence-corrected chi connectivity index (χ2v) is 7.53. The number of amides is 1. The minimum Gasteiger partial charge on any atom is -0.354 e. The van der Waals surface area contributed by atoms with E-state index in [4.69, 9.17) is 0 Å². The molecule has 1 aliphatic rings. The average molecular weight is 288 g/mol. The summed E-state index contributed by atoms with van der Waals surface area (Å²) in [6.45, 7) is 9.88. The van der Waals surface area contributed by atoms with Crippen LogP contribution in [0.1, 0.15) is 20.3 Å². The van der Waals surface area contributed by atoms with Gasteiger partial charge in [-0.05, 0) is 13.3 Å². The molecule has 0 aromatic rings. The maximum Gasteiger partial charge on any atom is 0.229 e. The van der Waals surface area contributed by atoms with Crippen molar-refractivity contribution in [3.05, 3.63) is 12.7 Å². The van der Waals surface area contributed by atoms with E-state index < -0.39 is 15.3 Å². The Morgan fingerprint density at radius 3 is 2.47 bits per heavy atom. The Hall–Kier alpha value is -0.880. The summed E-state index contributed by atoms with van der Waals surface area (Å²) in [6.07, 6.45) is 2.39. The predicted molar refractivity (Wildman–Crippen MR) is 76.7 cm³/mol. The van der Waals surface area contributed by atoms with Crippen LogP contribution in [0.5, 0.6) is 0 Å². The van der Waals surface area contributed by atoms with Crippen molar-refractivity contribution in [1.29, 1.82) is 0 Å². The Morgan fingerprint density at radius 2 is 2.00 bits per heavy atom. The molecule has 19 heavy (non-hydrogen) atoms. The molecule has 5 nitrogen and oxygen atoms in total. The molecule has 0 saturated carbocycles. The van der Waals surface area contributed by atoms with Crippen LogP contribution in [0.25, 0.3) is 0 Å². The molecule has 0 bridgehead atoms. The van der Waals surface area contributed by atoms with Crippen molar-refractivity contribution in [2.75, 3.05) is 37.7 Å². The summed E-state index contributed by atoms with van der Waals surface area (Å²) in [7, 11) is -2.83. The molecule has 0 unspecified atom stereocenters. The van der Waals surface area contributed by atoms with Gasteiger partial charge in [-0.2, -0.15) is 0 Å². The largest absolute Gasteiger partial charge is 0.354 e. The van der Waals surface area contributed by atoms with Crippen LogP contribution in [0.15, 0.2) is 12.7 Å². The van der Waals surface area contributed by atoms with Crippen molar-refractivity contribution >= 4 is 15.7 Å². The van der Waals surface area contributed by atoms with E-state index >= 15 is 0 Å². The number of sulfone groups is 1. The maximum atomic E-state index is 12.0. The van der Waals surface area contributed by atoms with Crippen LogP contribution in [0.3, 0.4) is 0 Å². The third-order valence-electron chi connectivity index (χ3n) is 3.85. The molecule has 6 heteroatoms. The molecule has 1 rings (SSSR count). The lowest BCUT2D eigenvalue weighted by molar-refractivity contribution is -0.128. The Labute approximate surface area is 116 Å². The smallest absolute Gasteiger partial charge is 0.229 e. The van der Waals surface area contributed by atoms with E-state index in [-0.39, 0.29) is 17.4 Å². The molecule has 1 amide bonds. The van der Waals surface area contributed by atoms with Gasteiger partial charge in [0.1, 0.15) is 0 Å². The van der Waals surface area contributed by atoms with E-state index in [1.165, 1.54) is 0 Å². The topological polar surface area (TPSA) is 66.5 Å². The molecule has 110 valence electrons. The zero-order valence-electron chi connectivity index (χ0n) is 11.8. The highest BCUT2D eigenvalue weighted by atomic mass is 32.2. The predicted octanol–water partition coefficient (Wildman–Crippen LogP) is 0.435. The summed E-state index contributed by atoms with van der Waals surface area (Å²) in [4.78, 5) is 14.0. The molecule has 1 aliphatic heterocycles. The van der Waals surface area contributed by atoms with Gasteiger partial charge in [-0.3, -0.25) is 9.69 Å². The van der Waals surface area contributed by atoms with Crippen LogP contribution in [-0.4, -0.2) is 56.9 Å². The lowest BCUT2D eigenvalue weighted by Gasteiger charge is -2.28. The van der Waals surface area contributed by atoms with Gasteiger partial charge in [0.25, 0.3) is 0 Å². The van der Waals surface area contributed by atoms with Crippen molar-refractivity contribution in [3.63, 3.8) is 0 Å². The van der Waals surface area contributed by atoms with E-state index in [1.54, 1.807) is 6.08 Å². The van der Waals surface area contributed by atoms with Gasteiger partial charge in [-0.25, -0.2) is 8.42 Å². The highest BCUT2D eigenvalue weighted by molar-refractivity contribution is 7.91. The molecule has 1 N–H and O–H groups in total. The molecule has 1 saturated heterocycles. The minimum atomic E-state index is -2.83. The van der Waals surface area contributed by atoms with Crippen molar-refractivity contribution in [2.45, 2.75) is 20.3 Å². The van der Waals surface area contributed by atoms with Gasteiger partial charge in [0.05, 0.1) is 16.9 Å². The van der Waals surface area contributed by atoms with E-state index in [9.17, 15) is 13.2 Å². The lowest BCUT2D eigenvalue weighted by atomic mass is 9.87. The number of hydrogen-bond donors (Lipinski definition) is 1. The number of hydrogen-bond acceptors (Lipinski definition) is 4. The van der Waals surface area contributed by atoms with Crippen LogP contribution in [0.4, 0.5) is 0 Å². The second-order valence-electron chi connectivity index (χ2n) is 5.22. The standard InChI is InChI=1S/C13H24N2O3S/c1-4-13(3,5-2)12(16)14-6-7-15-8-10-19(17,18)11-9-15/h4H,1,5-11H2,2-3H3,(H,14,16)/t13-/m0/s1. The van der Waals surface area contributed by atoms with Crippen LogP contribution in [0, 0.1) is 5.41 Å². The molecular formula is C13H24N2O3S. The lowest BCUT2D eigenvalue weighted by Crippen LogP contribution is -2.45. The van der Waals surface area contributed by atoms with Crippen LogP contribution in [-0.2, 0) is 14.6 Å². The van der Waals surface area contributed by atoms with Crippen molar-refractivity contribution in [3.8, 4) is 0 Å². The number of rotatable bonds is 6. The fourth-order valence-corrected chi connectivity index (χ4v) is 3.18. The van der Waals surface area contributed by atoms with Crippen LogP contribution < -0.4 is 5.32 Å². The van der Waals surface area contributed by atoms with Crippen LogP contribution >= 0.6 is 0 Å². The normalized spacial score (nSPS) is 22.4. The number of carbonyl (C=O) groups is 1. The second kappa shape index (κ2) is 6.52. The third-order valence-corrected chi connectivity index (χ3v) is 5.46. The van der Waals surface area contributed by atoms with Crippen molar-refractivity contribution in [1.82, 2.24) is 10.2 Å². The van der Waals surface area contributed by atoms with E-state index in [0.29, 0.717) is 32.6 Å². The van der Waals surface area contributed by atoms with Gasteiger partial charge >= 0.3 is 0 Å². The molecule has 1 heterocycles.